The fourth-order valence-electron chi connectivity index (χ4n) is 2.68. The molecule has 0 aliphatic rings. The lowest BCUT2D eigenvalue weighted by molar-refractivity contribution is -0.383. The van der Waals surface area contributed by atoms with Gasteiger partial charge in [0.05, 0.1) is 16.6 Å². The Morgan fingerprint density at radius 1 is 1.13 bits per heavy atom. The third-order valence-electron chi connectivity index (χ3n) is 3.85. The number of hydrogen-bond donors (Lipinski definition) is 1. The number of hydrogen-bond acceptors (Lipinski definition) is 5. The molecule has 1 aromatic carbocycles. The van der Waals surface area contributed by atoms with Crippen LogP contribution in [0.5, 0.6) is 0 Å². The molecule has 0 amide bonds. The molecule has 7 nitrogen and oxygen atoms in total. The standard InChI is InChI=1S/C16H11N5O2/c17-16-12-7-15(19-8-11(12)1-2-13(16)21(22)23)20-6-4-10-3-5-18-9-14(10)20/h1-9H,17H2. The van der Waals surface area contributed by atoms with E-state index in [0.29, 0.717) is 11.2 Å². The summed E-state index contributed by atoms with van der Waals surface area (Å²) in [4.78, 5) is 19.1. The molecule has 2 N–H and O–H groups in total. The highest BCUT2D eigenvalue weighted by atomic mass is 16.6. The minimum Gasteiger partial charge on any atom is -0.393 e. The molecule has 0 spiro atoms. The lowest BCUT2D eigenvalue weighted by atomic mass is 10.1. The van der Waals surface area contributed by atoms with Crippen molar-refractivity contribution in [2.45, 2.75) is 0 Å². The number of benzene rings is 1. The molecule has 112 valence electrons. The van der Waals surface area contributed by atoms with Crippen molar-refractivity contribution < 1.29 is 4.92 Å². The predicted molar refractivity (Wildman–Crippen MR) is 87.4 cm³/mol. The Bertz CT molecular complexity index is 1070. The number of nitrogen functional groups attached to an aromatic ring is 1. The van der Waals surface area contributed by atoms with Gasteiger partial charge in [-0.05, 0) is 24.3 Å². The van der Waals surface area contributed by atoms with Gasteiger partial charge in [0.1, 0.15) is 11.5 Å². The first kappa shape index (κ1) is 13.2. The van der Waals surface area contributed by atoms with E-state index < -0.39 is 4.92 Å². The van der Waals surface area contributed by atoms with Crippen LogP contribution in [0.25, 0.3) is 27.5 Å². The topological polar surface area (TPSA) is 99.9 Å². The van der Waals surface area contributed by atoms with Gasteiger partial charge < -0.3 is 5.73 Å². The van der Waals surface area contributed by atoms with E-state index in [0.717, 1.165) is 16.3 Å². The lowest BCUT2D eigenvalue weighted by Gasteiger charge is -2.08. The molecular weight excluding hydrogens is 294 g/mol. The van der Waals surface area contributed by atoms with Crippen molar-refractivity contribution in [1.29, 1.82) is 0 Å². The number of nitro benzene ring substituents is 1. The highest BCUT2D eigenvalue weighted by molar-refractivity contribution is 5.97. The van der Waals surface area contributed by atoms with Crippen LogP contribution >= 0.6 is 0 Å². The van der Waals surface area contributed by atoms with Crippen LogP contribution in [0.3, 0.4) is 0 Å². The largest absolute Gasteiger partial charge is 0.393 e. The summed E-state index contributed by atoms with van der Waals surface area (Å²) in [6.45, 7) is 0. The van der Waals surface area contributed by atoms with Gasteiger partial charge in [-0.1, -0.05) is 0 Å². The molecule has 7 heteroatoms. The lowest BCUT2D eigenvalue weighted by Crippen LogP contribution is -1.99. The molecule has 0 aliphatic carbocycles. The molecule has 0 saturated carbocycles. The third-order valence-corrected chi connectivity index (χ3v) is 3.85. The maximum atomic E-state index is 11.1. The van der Waals surface area contributed by atoms with Crippen LogP contribution in [-0.2, 0) is 0 Å². The SMILES string of the molecule is Nc1c([N+](=O)[O-])ccc2cnc(-n3ccc4ccncc43)cc12. The van der Waals surface area contributed by atoms with Gasteiger partial charge >= 0.3 is 0 Å². The fourth-order valence-corrected chi connectivity index (χ4v) is 2.68. The normalized spacial score (nSPS) is 11.1. The molecule has 0 atom stereocenters. The second kappa shape index (κ2) is 4.77. The van der Waals surface area contributed by atoms with Crippen LogP contribution in [0.2, 0.25) is 0 Å². The number of anilines is 1. The highest BCUT2D eigenvalue weighted by Crippen LogP contribution is 2.31. The van der Waals surface area contributed by atoms with E-state index in [1.54, 1.807) is 30.7 Å². The molecular formula is C16H11N5O2. The Hall–Kier alpha value is -3.48. The third kappa shape index (κ3) is 1.98. The van der Waals surface area contributed by atoms with Crippen LogP contribution in [0.4, 0.5) is 11.4 Å². The fraction of sp³-hybridized carbons (Fsp3) is 0. The molecule has 0 aliphatic heterocycles. The van der Waals surface area contributed by atoms with E-state index in [4.69, 9.17) is 5.73 Å². The van der Waals surface area contributed by atoms with Crippen LogP contribution in [0, 0.1) is 10.1 Å². The van der Waals surface area contributed by atoms with Gasteiger partial charge in [-0.3, -0.25) is 19.7 Å². The van der Waals surface area contributed by atoms with Gasteiger partial charge in [-0.25, -0.2) is 4.98 Å². The second-order valence-electron chi connectivity index (χ2n) is 5.14. The van der Waals surface area contributed by atoms with E-state index >= 15 is 0 Å². The molecule has 3 aromatic heterocycles. The molecule has 0 unspecified atom stereocenters. The molecule has 0 saturated heterocycles. The van der Waals surface area contributed by atoms with Gasteiger partial charge in [-0.15, -0.1) is 0 Å². The van der Waals surface area contributed by atoms with Crippen LogP contribution in [0.1, 0.15) is 0 Å². The van der Waals surface area contributed by atoms with E-state index in [-0.39, 0.29) is 11.4 Å². The van der Waals surface area contributed by atoms with Crippen molar-refractivity contribution in [3.8, 4) is 5.82 Å². The first-order chi connectivity index (χ1) is 11.1. The van der Waals surface area contributed by atoms with Crippen LogP contribution < -0.4 is 5.73 Å². The summed E-state index contributed by atoms with van der Waals surface area (Å²) in [6, 6.07) is 8.67. The van der Waals surface area contributed by atoms with E-state index in [1.807, 2.05) is 22.9 Å². The van der Waals surface area contributed by atoms with Gasteiger partial charge in [0.15, 0.2) is 0 Å². The molecule has 23 heavy (non-hydrogen) atoms. The van der Waals surface area contributed by atoms with Crippen LogP contribution in [0.15, 0.2) is 55.1 Å². The zero-order valence-electron chi connectivity index (χ0n) is 11.9. The van der Waals surface area contributed by atoms with Crippen molar-refractivity contribution in [2.75, 3.05) is 5.73 Å². The molecule has 4 rings (SSSR count). The van der Waals surface area contributed by atoms with Crippen molar-refractivity contribution in [3.63, 3.8) is 0 Å². The van der Waals surface area contributed by atoms with Gasteiger partial charge in [-0.2, -0.15) is 0 Å². The van der Waals surface area contributed by atoms with Crippen molar-refractivity contribution >= 4 is 33.1 Å². The molecule has 0 radical (unpaired) electrons. The van der Waals surface area contributed by atoms with Crippen molar-refractivity contribution in [1.82, 2.24) is 14.5 Å². The number of nitrogens with two attached hydrogens (primary N) is 1. The summed E-state index contributed by atoms with van der Waals surface area (Å²) in [7, 11) is 0. The summed E-state index contributed by atoms with van der Waals surface area (Å²) >= 11 is 0. The monoisotopic (exact) mass is 305 g/mol. The Morgan fingerprint density at radius 2 is 2.00 bits per heavy atom. The first-order valence-electron chi connectivity index (χ1n) is 6.89. The average Bonchev–Trinajstić information content (AvgIpc) is 2.99. The zero-order valence-corrected chi connectivity index (χ0v) is 11.9. The number of pyridine rings is 2. The van der Waals surface area contributed by atoms with E-state index in [9.17, 15) is 10.1 Å². The maximum Gasteiger partial charge on any atom is 0.292 e. The summed E-state index contributed by atoms with van der Waals surface area (Å²) in [5.74, 6) is 0.632. The van der Waals surface area contributed by atoms with Crippen LogP contribution in [-0.4, -0.2) is 19.5 Å². The summed E-state index contributed by atoms with van der Waals surface area (Å²) in [5.41, 5.74) is 6.91. The number of fused-ring (bicyclic) bond motifs is 2. The number of rotatable bonds is 2. The second-order valence-corrected chi connectivity index (χ2v) is 5.14. The zero-order chi connectivity index (χ0) is 16.0. The van der Waals surface area contributed by atoms with Gasteiger partial charge in [0.25, 0.3) is 5.69 Å². The van der Waals surface area contributed by atoms with Crippen molar-refractivity contribution in [2.24, 2.45) is 0 Å². The Kier molecular flexibility index (Phi) is 2.74. The minimum atomic E-state index is -0.482. The molecule has 4 aromatic rings. The molecule has 0 fully saturated rings. The average molecular weight is 305 g/mol. The molecule has 0 bridgehead atoms. The van der Waals surface area contributed by atoms with Crippen molar-refractivity contribution in [3.05, 3.63) is 65.2 Å². The summed E-state index contributed by atoms with van der Waals surface area (Å²) < 4.78 is 1.88. The smallest absolute Gasteiger partial charge is 0.292 e. The minimum absolute atomic E-state index is 0.103. The summed E-state index contributed by atoms with van der Waals surface area (Å²) in [6.07, 6.45) is 7.01. The predicted octanol–water partition coefficient (Wildman–Crippen LogP) is 3.06. The van der Waals surface area contributed by atoms with E-state index in [1.165, 1.54) is 6.07 Å². The number of nitrogens with zero attached hydrogens (tertiary/aromatic N) is 4. The summed E-state index contributed by atoms with van der Waals surface area (Å²) in [5, 5.41) is 13.4. The Morgan fingerprint density at radius 3 is 2.83 bits per heavy atom. The quantitative estimate of drug-likeness (QED) is 0.348. The van der Waals surface area contributed by atoms with Gasteiger partial charge in [0, 0.05) is 40.8 Å². The molecule has 3 heterocycles. The Labute approximate surface area is 130 Å². The number of nitro groups is 1. The van der Waals surface area contributed by atoms with Gasteiger partial charge in [0.2, 0.25) is 0 Å². The highest BCUT2D eigenvalue weighted by Gasteiger charge is 2.15. The number of aromatic nitrogens is 3. The van der Waals surface area contributed by atoms with E-state index in [2.05, 4.69) is 9.97 Å². The first-order valence-corrected chi connectivity index (χ1v) is 6.89. The maximum absolute atomic E-state index is 11.1. The Balaban J connectivity index is 1.98.